The van der Waals surface area contributed by atoms with Crippen LogP contribution >= 0.6 is 11.6 Å². The van der Waals surface area contributed by atoms with E-state index in [1.807, 2.05) is 25.1 Å². The molecule has 0 saturated carbocycles. The molecule has 5 heteroatoms. The third-order valence-electron chi connectivity index (χ3n) is 3.87. The number of β-amino-alcohol motifs (C(OH)–C–C–N with tert-alkyl or cyclic N) is 1. The Hall–Kier alpha value is -1.10. The lowest BCUT2D eigenvalue weighted by Gasteiger charge is -2.39. The van der Waals surface area contributed by atoms with E-state index in [1.165, 1.54) is 0 Å². The lowest BCUT2D eigenvalue weighted by molar-refractivity contribution is -0.125. The molecule has 0 radical (unpaired) electrons. The van der Waals surface area contributed by atoms with Crippen LogP contribution in [0.1, 0.15) is 30.4 Å². The largest absolute Gasteiger partial charge is 0.388 e. The van der Waals surface area contributed by atoms with Crippen molar-refractivity contribution in [3.8, 4) is 0 Å². The molecule has 0 spiro atoms. The average molecular weight is 297 g/mol. The predicted octanol–water partition coefficient (Wildman–Crippen LogP) is 1.85. The van der Waals surface area contributed by atoms with Crippen molar-refractivity contribution in [2.45, 2.75) is 38.3 Å². The maximum atomic E-state index is 11.1. The Balaban J connectivity index is 2.08. The van der Waals surface area contributed by atoms with Gasteiger partial charge >= 0.3 is 0 Å². The number of amides is 1. The lowest BCUT2D eigenvalue weighted by atomic mass is 9.89. The number of aryl methyl sites for hydroxylation is 1. The number of hydrogen-bond donors (Lipinski definition) is 2. The van der Waals surface area contributed by atoms with Crippen LogP contribution < -0.4 is 5.73 Å². The molecule has 1 aromatic carbocycles. The second-order valence-electron chi connectivity index (χ2n) is 5.72. The number of aliphatic hydroxyl groups is 1. The van der Waals surface area contributed by atoms with E-state index in [0.717, 1.165) is 29.1 Å². The summed E-state index contributed by atoms with van der Waals surface area (Å²) in [6, 6.07) is 5.84. The van der Waals surface area contributed by atoms with Gasteiger partial charge in [0.2, 0.25) is 5.91 Å². The van der Waals surface area contributed by atoms with Crippen LogP contribution in [0.15, 0.2) is 18.2 Å². The zero-order chi connectivity index (χ0) is 14.8. The highest BCUT2D eigenvalue weighted by atomic mass is 35.5. The van der Waals surface area contributed by atoms with E-state index in [2.05, 4.69) is 4.90 Å². The maximum Gasteiger partial charge on any atom is 0.220 e. The summed E-state index contributed by atoms with van der Waals surface area (Å²) in [6.07, 6.45) is 1.49. The minimum absolute atomic E-state index is 0.0189. The van der Waals surface area contributed by atoms with Crippen LogP contribution in [-0.2, 0) is 11.3 Å². The van der Waals surface area contributed by atoms with Crippen molar-refractivity contribution in [1.29, 1.82) is 0 Å². The summed E-state index contributed by atoms with van der Waals surface area (Å²) < 4.78 is 0. The summed E-state index contributed by atoms with van der Waals surface area (Å²) in [5.74, 6) is -0.455. The summed E-state index contributed by atoms with van der Waals surface area (Å²) in [5.41, 5.74) is 6.44. The van der Waals surface area contributed by atoms with Crippen molar-refractivity contribution in [3.05, 3.63) is 34.3 Å². The number of halogens is 1. The van der Waals surface area contributed by atoms with Crippen molar-refractivity contribution in [3.63, 3.8) is 0 Å². The van der Waals surface area contributed by atoms with Crippen molar-refractivity contribution in [1.82, 2.24) is 4.90 Å². The molecule has 0 aliphatic carbocycles. The van der Waals surface area contributed by atoms with Gasteiger partial charge in [0.05, 0.1) is 12.0 Å². The highest BCUT2D eigenvalue weighted by Crippen LogP contribution is 2.28. The molecule has 2 rings (SSSR count). The van der Waals surface area contributed by atoms with Crippen molar-refractivity contribution >= 4 is 17.5 Å². The monoisotopic (exact) mass is 296 g/mol. The number of likely N-dealkylation sites (tertiary alicyclic amines) is 1. The highest BCUT2D eigenvalue weighted by molar-refractivity contribution is 6.31. The molecule has 110 valence electrons. The molecular formula is C15H21ClN2O2. The zero-order valence-electron chi connectivity index (χ0n) is 11.7. The van der Waals surface area contributed by atoms with E-state index in [0.29, 0.717) is 19.5 Å². The first-order valence-corrected chi connectivity index (χ1v) is 7.24. The van der Waals surface area contributed by atoms with Gasteiger partial charge in [0.25, 0.3) is 0 Å². The molecule has 3 N–H and O–H groups in total. The van der Waals surface area contributed by atoms with E-state index in [1.54, 1.807) is 0 Å². The molecule has 0 aromatic heterocycles. The molecule has 1 aliphatic rings. The first-order chi connectivity index (χ1) is 9.39. The van der Waals surface area contributed by atoms with Gasteiger partial charge in [-0.15, -0.1) is 0 Å². The fourth-order valence-corrected chi connectivity index (χ4v) is 3.18. The molecule has 4 nitrogen and oxygen atoms in total. The molecule has 1 amide bonds. The standard InChI is InChI=1S/C15H21ClN2O2/c1-11-4-2-5-13(16)12(11)9-18-7-3-6-15(20,10-18)8-14(17)19/h2,4-5,20H,3,6-10H2,1H3,(H2,17,19). The van der Waals surface area contributed by atoms with Crippen LogP contribution in [-0.4, -0.2) is 34.6 Å². The number of rotatable bonds is 4. The molecule has 1 heterocycles. The third-order valence-corrected chi connectivity index (χ3v) is 4.23. The minimum Gasteiger partial charge on any atom is -0.388 e. The van der Waals surface area contributed by atoms with Gasteiger partial charge in [-0.1, -0.05) is 23.7 Å². The topological polar surface area (TPSA) is 66.6 Å². The Morgan fingerprint density at radius 2 is 2.30 bits per heavy atom. The van der Waals surface area contributed by atoms with Crippen molar-refractivity contribution < 1.29 is 9.90 Å². The van der Waals surface area contributed by atoms with E-state index in [4.69, 9.17) is 17.3 Å². The molecule has 1 saturated heterocycles. The van der Waals surface area contributed by atoms with Gasteiger partial charge in [0.15, 0.2) is 0 Å². The number of benzene rings is 1. The van der Waals surface area contributed by atoms with Crippen LogP contribution in [0.25, 0.3) is 0 Å². The molecule has 20 heavy (non-hydrogen) atoms. The van der Waals surface area contributed by atoms with Gasteiger partial charge in [-0.3, -0.25) is 9.69 Å². The Kier molecular flexibility index (Phi) is 4.68. The SMILES string of the molecule is Cc1cccc(Cl)c1CN1CCCC(O)(CC(N)=O)C1. The number of carbonyl (C=O) groups excluding carboxylic acids is 1. The summed E-state index contributed by atoms with van der Waals surface area (Å²) in [4.78, 5) is 13.2. The minimum atomic E-state index is -1.00. The summed E-state index contributed by atoms with van der Waals surface area (Å²) in [7, 11) is 0. The van der Waals surface area contributed by atoms with Crippen molar-refractivity contribution in [2.75, 3.05) is 13.1 Å². The first kappa shape index (κ1) is 15.3. The Bertz CT molecular complexity index is 486. The molecular weight excluding hydrogens is 276 g/mol. The fourth-order valence-electron chi connectivity index (χ4n) is 2.90. The lowest BCUT2D eigenvalue weighted by Crippen LogP contribution is -2.49. The van der Waals surface area contributed by atoms with Gasteiger partial charge in [-0.2, -0.15) is 0 Å². The summed E-state index contributed by atoms with van der Waals surface area (Å²) in [5, 5.41) is 11.2. The predicted molar refractivity (Wildman–Crippen MR) is 79.5 cm³/mol. The number of nitrogens with two attached hydrogens (primary N) is 1. The Morgan fingerprint density at radius 1 is 1.55 bits per heavy atom. The van der Waals surface area contributed by atoms with E-state index < -0.39 is 11.5 Å². The average Bonchev–Trinajstić information content (AvgIpc) is 2.32. The van der Waals surface area contributed by atoms with Gasteiger partial charge in [0.1, 0.15) is 0 Å². The van der Waals surface area contributed by atoms with Gasteiger partial charge in [-0.25, -0.2) is 0 Å². The molecule has 1 aromatic rings. The second kappa shape index (κ2) is 6.12. The molecule has 0 bridgehead atoms. The van der Waals surface area contributed by atoms with Crippen LogP contribution in [0.4, 0.5) is 0 Å². The van der Waals surface area contributed by atoms with E-state index in [9.17, 15) is 9.90 Å². The first-order valence-electron chi connectivity index (χ1n) is 6.87. The van der Waals surface area contributed by atoms with E-state index in [-0.39, 0.29) is 6.42 Å². The van der Waals surface area contributed by atoms with Gasteiger partial charge < -0.3 is 10.8 Å². The van der Waals surface area contributed by atoms with E-state index >= 15 is 0 Å². The smallest absolute Gasteiger partial charge is 0.220 e. The zero-order valence-corrected chi connectivity index (χ0v) is 12.5. The Morgan fingerprint density at radius 3 is 2.95 bits per heavy atom. The second-order valence-corrected chi connectivity index (χ2v) is 6.12. The molecule has 1 atom stereocenters. The number of nitrogens with zero attached hydrogens (tertiary/aromatic N) is 1. The molecule has 1 unspecified atom stereocenters. The number of primary amides is 1. The van der Waals surface area contributed by atoms with Crippen LogP contribution in [0.5, 0.6) is 0 Å². The quantitative estimate of drug-likeness (QED) is 0.891. The van der Waals surface area contributed by atoms with Crippen LogP contribution in [0, 0.1) is 6.92 Å². The number of piperidine rings is 1. The summed E-state index contributed by atoms with van der Waals surface area (Å²) in [6.45, 7) is 4.07. The van der Waals surface area contributed by atoms with Crippen LogP contribution in [0.3, 0.4) is 0 Å². The molecule has 1 aliphatic heterocycles. The number of carbonyl (C=O) groups is 1. The fraction of sp³-hybridized carbons (Fsp3) is 0.533. The maximum absolute atomic E-state index is 11.1. The van der Waals surface area contributed by atoms with Crippen LogP contribution in [0.2, 0.25) is 5.02 Å². The number of hydrogen-bond acceptors (Lipinski definition) is 3. The van der Waals surface area contributed by atoms with Gasteiger partial charge in [0, 0.05) is 18.1 Å². The Labute approximate surface area is 124 Å². The third kappa shape index (κ3) is 3.72. The summed E-state index contributed by atoms with van der Waals surface area (Å²) >= 11 is 6.24. The van der Waals surface area contributed by atoms with Crippen molar-refractivity contribution in [2.24, 2.45) is 5.73 Å². The molecule has 1 fully saturated rings. The highest BCUT2D eigenvalue weighted by Gasteiger charge is 2.34. The normalized spacial score (nSPS) is 23.8. The van der Waals surface area contributed by atoms with Gasteiger partial charge in [-0.05, 0) is 43.5 Å².